The topological polar surface area (TPSA) is 88.5 Å². The molecule has 1 fully saturated rings. The lowest BCUT2D eigenvalue weighted by Crippen LogP contribution is -2.39. The molecule has 6 nitrogen and oxygen atoms in total. The predicted molar refractivity (Wildman–Crippen MR) is 63.4 cm³/mol. The predicted octanol–water partition coefficient (Wildman–Crippen LogP) is 1.29. The van der Waals surface area contributed by atoms with Crippen molar-refractivity contribution in [3.63, 3.8) is 0 Å². The molecule has 1 atom stereocenters. The van der Waals surface area contributed by atoms with E-state index >= 15 is 0 Å². The molecule has 1 saturated heterocycles. The van der Waals surface area contributed by atoms with Crippen molar-refractivity contribution in [2.24, 2.45) is 0 Å². The minimum atomic E-state index is -1.13. The van der Waals surface area contributed by atoms with Crippen molar-refractivity contribution < 1.29 is 19.4 Å². The molecule has 0 aromatic carbocycles. The molecule has 1 aliphatic rings. The molecule has 6 heteroatoms. The zero-order valence-electron chi connectivity index (χ0n) is 9.97. The van der Waals surface area contributed by atoms with E-state index in [-0.39, 0.29) is 11.6 Å². The molecular weight excluding hydrogens is 236 g/mol. The Hall–Kier alpha value is -1.95. The zero-order valence-corrected chi connectivity index (χ0v) is 9.97. The van der Waals surface area contributed by atoms with Crippen LogP contribution in [0.25, 0.3) is 0 Å². The number of ether oxygens (including phenoxy) is 1. The van der Waals surface area contributed by atoms with E-state index in [2.05, 4.69) is 10.3 Å². The van der Waals surface area contributed by atoms with Crippen LogP contribution in [0, 0.1) is 0 Å². The van der Waals surface area contributed by atoms with E-state index in [0.29, 0.717) is 18.7 Å². The number of hydrogen-bond donors (Lipinski definition) is 2. The van der Waals surface area contributed by atoms with E-state index in [1.165, 1.54) is 12.3 Å². The summed E-state index contributed by atoms with van der Waals surface area (Å²) in [6.45, 7) is 2.30. The van der Waals surface area contributed by atoms with Crippen LogP contribution in [0.5, 0.6) is 0 Å². The van der Waals surface area contributed by atoms with Gasteiger partial charge in [0.2, 0.25) is 0 Å². The molecule has 0 saturated carbocycles. The standard InChI is InChI=1S/C12H14N2O4/c1-12(4-2-6-18-12)11(17)14-8-3-5-13-9(7-8)10(15)16/h3,5,7H,2,4,6H2,1H3,(H,15,16)(H,13,14,17). The second kappa shape index (κ2) is 4.73. The highest BCUT2D eigenvalue weighted by molar-refractivity contribution is 5.98. The lowest BCUT2D eigenvalue weighted by molar-refractivity contribution is -0.133. The van der Waals surface area contributed by atoms with Crippen LogP contribution in [0.4, 0.5) is 5.69 Å². The van der Waals surface area contributed by atoms with Gasteiger partial charge in [-0.05, 0) is 31.9 Å². The Bertz CT molecular complexity index is 481. The fourth-order valence-corrected chi connectivity index (χ4v) is 1.85. The maximum atomic E-state index is 12.0. The van der Waals surface area contributed by atoms with Crippen molar-refractivity contribution in [3.05, 3.63) is 24.0 Å². The van der Waals surface area contributed by atoms with E-state index in [1.807, 2.05) is 0 Å². The van der Waals surface area contributed by atoms with Gasteiger partial charge in [-0.3, -0.25) is 4.79 Å². The average Bonchev–Trinajstić information content (AvgIpc) is 2.78. The van der Waals surface area contributed by atoms with Crippen LogP contribution in [0.15, 0.2) is 18.3 Å². The Labute approximate surface area is 104 Å². The lowest BCUT2D eigenvalue weighted by Gasteiger charge is -2.21. The molecule has 1 amide bonds. The second-order valence-corrected chi connectivity index (χ2v) is 4.37. The number of carboxylic acids is 1. The molecule has 1 aliphatic heterocycles. The van der Waals surface area contributed by atoms with Gasteiger partial charge in [-0.2, -0.15) is 0 Å². The molecule has 18 heavy (non-hydrogen) atoms. The number of carboxylic acid groups (broad SMARTS) is 1. The van der Waals surface area contributed by atoms with Crippen molar-refractivity contribution in [2.75, 3.05) is 11.9 Å². The first-order chi connectivity index (χ1) is 8.51. The van der Waals surface area contributed by atoms with Crippen molar-refractivity contribution in [3.8, 4) is 0 Å². The second-order valence-electron chi connectivity index (χ2n) is 4.37. The number of aromatic nitrogens is 1. The molecule has 0 spiro atoms. The third-order valence-corrected chi connectivity index (χ3v) is 2.94. The Morgan fingerprint density at radius 1 is 1.56 bits per heavy atom. The fourth-order valence-electron chi connectivity index (χ4n) is 1.85. The maximum Gasteiger partial charge on any atom is 0.354 e. The molecule has 0 radical (unpaired) electrons. The first-order valence-electron chi connectivity index (χ1n) is 5.66. The van der Waals surface area contributed by atoms with Gasteiger partial charge in [-0.25, -0.2) is 9.78 Å². The number of carbonyl (C=O) groups is 2. The van der Waals surface area contributed by atoms with Gasteiger partial charge in [0.1, 0.15) is 11.3 Å². The number of nitrogens with zero attached hydrogens (tertiary/aromatic N) is 1. The quantitative estimate of drug-likeness (QED) is 0.843. The summed E-state index contributed by atoms with van der Waals surface area (Å²) >= 11 is 0. The summed E-state index contributed by atoms with van der Waals surface area (Å²) in [5, 5.41) is 11.5. The summed E-state index contributed by atoms with van der Waals surface area (Å²) in [7, 11) is 0. The summed E-state index contributed by atoms with van der Waals surface area (Å²) in [6.07, 6.45) is 2.85. The van der Waals surface area contributed by atoms with Crippen molar-refractivity contribution in [1.29, 1.82) is 0 Å². The normalized spacial score (nSPS) is 22.7. The van der Waals surface area contributed by atoms with Crippen molar-refractivity contribution in [1.82, 2.24) is 4.98 Å². The molecule has 2 heterocycles. The summed E-state index contributed by atoms with van der Waals surface area (Å²) in [5.41, 5.74) is -0.526. The minimum absolute atomic E-state index is 0.106. The summed E-state index contributed by atoms with van der Waals surface area (Å²) in [6, 6.07) is 2.86. The van der Waals surface area contributed by atoms with Gasteiger partial charge in [-0.15, -0.1) is 0 Å². The molecule has 2 rings (SSSR count). The molecule has 1 aromatic rings. The first kappa shape index (κ1) is 12.5. The van der Waals surface area contributed by atoms with Crippen LogP contribution in [-0.2, 0) is 9.53 Å². The Morgan fingerprint density at radius 2 is 2.33 bits per heavy atom. The summed E-state index contributed by atoms with van der Waals surface area (Å²) < 4.78 is 5.41. The van der Waals surface area contributed by atoms with E-state index < -0.39 is 11.6 Å². The molecule has 0 bridgehead atoms. The number of nitrogens with one attached hydrogen (secondary N) is 1. The highest BCUT2D eigenvalue weighted by Crippen LogP contribution is 2.26. The van der Waals surface area contributed by atoms with Gasteiger partial charge in [-0.1, -0.05) is 0 Å². The van der Waals surface area contributed by atoms with Crippen LogP contribution < -0.4 is 5.32 Å². The van der Waals surface area contributed by atoms with E-state index in [9.17, 15) is 9.59 Å². The summed E-state index contributed by atoms with van der Waals surface area (Å²) in [4.78, 5) is 26.5. The fraction of sp³-hybridized carbons (Fsp3) is 0.417. The largest absolute Gasteiger partial charge is 0.477 e. The third kappa shape index (κ3) is 2.48. The van der Waals surface area contributed by atoms with E-state index in [0.717, 1.165) is 6.42 Å². The first-order valence-corrected chi connectivity index (χ1v) is 5.66. The number of aromatic carboxylic acids is 1. The van der Waals surface area contributed by atoms with Crippen LogP contribution in [-0.4, -0.2) is 34.2 Å². The minimum Gasteiger partial charge on any atom is -0.477 e. The third-order valence-electron chi connectivity index (χ3n) is 2.94. The van der Waals surface area contributed by atoms with E-state index in [4.69, 9.17) is 9.84 Å². The molecular formula is C12H14N2O4. The number of carbonyl (C=O) groups excluding carboxylic acids is 1. The van der Waals surface area contributed by atoms with Gasteiger partial charge in [0, 0.05) is 18.5 Å². The van der Waals surface area contributed by atoms with Crippen LogP contribution in [0.2, 0.25) is 0 Å². The van der Waals surface area contributed by atoms with Crippen LogP contribution >= 0.6 is 0 Å². The highest BCUT2D eigenvalue weighted by Gasteiger charge is 2.37. The smallest absolute Gasteiger partial charge is 0.354 e. The number of amides is 1. The highest BCUT2D eigenvalue weighted by atomic mass is 16.5. The Morgan fingerprint density at radius 3 is 2.94 bits per heavy atom. The number of hydrogen-bond acceptors (Lipinski definition) is 4. The van der Waals surface area contributed by atoms with Crippen LogP contribution in [0.1, 0.15) is 30.3 Å². The van der Waals surface area contributed by atoms with Crippen molar-refractivity contribution >= 4 is 17.6 Å². The van der Waals surface area contributed by atoms with Gasteiger partial charge in [0.15, 0.2) is 0 Å². The lowest BCUT2D eigenvalue weighted by atomic mass is 10.0. The molecule has 96 valence electrons. The zero-order chi connectivity index (χ0) is 13.2. The molecule has 2 N–H and O–H groups in total. The monoisotopic (exact) mass is 250 g/mol. The molecule has 0 aliphatic carbocycles. The van der Waals surface area contributed by atoms with Gasteiger partial charge in [0.25, 0.3) is 5.91 Å². The van der Waals surface area contributed by atoms with Gasteiger partial charge >= 0.3 is 5.97 Å². The van der Waals surface area contributed by atoms with Gasteiger partial charge < -0.3 is 15.2 Å². The van der Waals surface area contributed by atoms with E-state index in [1.54, 1.807) is 13.0 Å². The summed E-state index contributed by atoms with van der Waals surface area (Å²) in [5.74, 6) is -1.39. The molecule has 1 unspecified atom stereocenters. The Kier molecular flexibility index (Phi) is 3.29. The number of pyridine rings is 1. The SMILES string of the molecule is CC1(C(=O)Nc2ccnc(C(=O)O)c2)CCCO1. The maximum absolute atomic E-state index is 12.0. The van der Waals surface area contributed by atoms with Crippen molar-refractivity contribution in [2.45, 2.75) is 25.4 Å². The number of rotatable bonds is 3. The molecule has 1 aromatic heterocycles. The Balaban J connectivity index is 2.11. The number of anilines is 1. The average molecular weight is 250 g/mol. The van der Waals surface area contributed by atoms with Crippen LogP contribution in [0.3, 0.4) is 0 Å². The van der Waals surface area contributed by atoms with Gasteiger partial charge in [0.05, 0.1) is 0 Å².